The molecule has 0 unspecified atom stereocenters. The zero-order chi connectivity index (χ0) is 18.3. The fraction of sp³-hybridized carbons (Fsp3) is 0.438. The summed E-state index contributed by atoms with van der Waals surface area (Å²) in [6.45, 7) is 6.69. The van der Waals surface area contributed by atoms with Gasteiger partial charge in [0.05, 0.1) is 12.2 Å². The van der Waals surface area contributed by atoms with Crippen LogP contribution in [0.15, 0.2) is 18.2 Å². The normalized spacial score (nSPS) is 10.7. The van der Waals surface area contributed by atoms with Crippen LogP contribution in [0.2, 0.25) is 0 Å². The highest BCUT2D eigenvalue weighted by atomic mass is 16.6. The Labute approximate surface area is 140 Å². The molecule has 132 valence electrons. The second kappa shape index (κ2) is 8.19. The quantitative estimate of drug-likeness (QED) is 0.559. The lowest BCUT2D eigenvalue weighted by atomic mass is 10.1. The fourth-order valence-electron chi connectivity index (χ4n) is 1.68. The molecule has 0 aromatic heterocycles. The van der Waals surface area contributed by atoms with E-state index in [4.69, 9.17) is 9.47 Å². The van der Waals surface area contributed by atoms with Crippen LogP contribution in [0.5, 0.6) is 5.75 Å². The van der Waals surface area contributed by atoms with Crippen molar-refractivity contribution < 1.29 is 29.0 Å². The number of nitrogens with one attached hydrogen (secondary N) is 2. The van der Waals surface area contributed by atoms with E-state index in [9.17, 15) is 19.5 Å². The molecule has 0 bridgehead atoms. The average Bonchev–Trinajstić information content (AvgIpc) is 2.45. The molecule has 0 radical (unpaired) electrons. The summed E-state index contributed by atoms with van der Waals surface area (Å²) in [5, 5.41) is 14.6. The Balaban J connectivity index is 2.77. The molecule has 2 amide bonds. The molecule has 0 saturated heterocycles. The van der Waals surface area contributed by atoms with Crippen LogP contribution in [0.3, 0.4) is 0 Å². The molecule has 0 spiro atoms. The van der Waals surface area contributed by atoms with E-state index in [0.717, 1.165) is 0 Å². The minimum absolute atomic E-state index is 0.0899. The van der Waals surface area contributed by atoms with Crippen molar-refractivity contribution in [2.24, 2.45) is 0 Å². The van der Waals surface area contributed by atoms with Crippen LogP contribution in [-0.2, 0) is 14.3 Å². The molecule has 3 N–H and O–H groups in total. The summed E-state index contributed by atoms with van der Waals surface area (Å²) in [5.74, 6) is -1.55. The third-order valence-corrected chi connectivity index (χ3v) is 2.59. The van der Waals surface area contributed by atoms with Crippen molar-refractivity contribution >= 4 is 23.7 Å². The fourth-order valence-corrected chi connectivity index (χ4v) is 1.68. The van der Waals surface area contributed by atoms with Gasteiger partial charge in [0.2, 0.25) is 0 Å². The van der Waals surface area contributed by atoms with E-state index in [-0.39, 0.29) is 30.2 Å². The first kappa shape index (κ1) is 19.3. The van der Waals surface area contributed by atoms with Crippen molar-refractivity contribution in [1.29, 1.82) is 0 Å². The van der Waals surface area contributed by atoms with Crippen LogP contribution in [0, 0.1) is 0 Å². The first-order chi connectivity index (χ1) is 11.1. The zero-order valence-electron chi connectivity index (χ0n) is 14.1. The highest BCUT2D eigenvalue weighted by molar-refractivity contribution is 6.00. The van der Waals surface area contributed by atoms with Gasteiger partial charge < -0.3 is 19.9 Å². The van der Waals surface area contributed by atoms with Crippen LogP contribution in [0.4, 0.5) is 10.5 Å². The summed E-state index contributed by atoms with van der Waals surface area (Å²) >= 11 is 0. The number of hydrogen-bond donors (Lipinski definition) is 3. The number of ether oxygens (including phenoxy) is 2. The second-order valence-electron chi connectivity index (χ2n) is 5.85. The van der Waals surface area contributed by atoms with Crippen molar-refractivity contribution in [2.75, 3.05) is 18.5 Å². The predicted molar refractivity (Wildman–Crippen MR) is 86.9 cm³/mol. The Hall–Kier alpha value is -2.77. The third-order valence-electron chi connectivity index (χ3n) is 2.59. The van der Waals surface area contributed by atoms with Gasteiger partial charge >= 0.3 is 12.1 Å². The lowest BCUT2D eigenvalue weighted by Gasteiger charge is -2.19. The molecule has 1 aromatic carbocycles. The van der Waals surface area contributed by atoms with Gasteiger partial charge in [-0.1, -0.05) is 0 Å². The number of phenolic OH excluding ortho intramolecular Hbond substituents is 1. The van der Waals surface area contributed by atoms with Crippen LogP contribution in [0.25, 0.3) is 0 Å². The minimum atomic E-state index is -0.689. The molecule has 0 heterocycles. The lowest BCUT2D eigenvalue weighted by Crippen LogP contribution is -2.31. The third kappa shape index (κ3) is 6.55. The summed E-state index contributed by atoms with van der Waals surface area (Å²) in [4.78, 5) is 35.0. The molecule has 24 heavy (non-hydrogen) atoms. The van der Waals surface area contributed by atoms with Crippen molar-refractivity contribution in [3.63, 3.8) is 0 Å². The van der Waals surface area contributed by atoms with Gasteiger partial charge in [0.25, 0.3) is 5.91 Å². The van der Waals surface area contributed by atoms with Gasteiger partial charge in [-0.25, -0.2) is 4.79 Å². The van der Waals surface area contributed by atoms with Crippen LogP contribution in [0.1, 0.15) is 38.1 Å². The number of aromatic hydroxyl groups is 1. The molecular formula is C16H22N2O6. The summed E-state index contributed by atoms with van der Waals surface area (Å²) in [6, 6.07) is 3.95. The molecule has 1 rings (SSSR count). The molecule has 8 nitrogen and oxygen atoms in total. The van der Waals surface area contributed by atoms with Gasteiger partial charge in [-0.2, -0.15) is 0 Å². The van der Waals surface area contributed by atoms with Gasteiger partial charge in [-0.3, -0.25) is 14.9 Å². The zero-order valence-corrected chi connectivity index (χ0v) is 14.1. The van der Waals surface area contributed by atoms with Gasteiger partial charge in [0.1, 0.15) is 17.9 Å². The standard InChI is InChI=1S/C16H22N2O6/c1-5-23-13(20)9-17-14(21)11-8-10(6-7-12(11)19)18-15(22)24-16(2,3)4/h6-8,19H,5,9H2,1-4H3,(H,17,21)(H,18,22). The number of carbonyl (C=O) groups is 3. The largest absolute Gasteiger partial charge is 0.507 e. The SMILES string of the molecule is CCOC(=O)CNC(=O)c1cc(NC(=O)OC(C)(C)C)ccc1O. The second-order valence-corrected chi connectivity index (χ2v) is 5.85. The summed E-state index contributed by atoms with van der Waals surface area (Å²) in [6.07, 6.45) is -0.689. The molecule has 0 aliphatic rings. The molecule has 1 aromatic rings. The van der Waals surface area contributed by atoms with Crippen molar-refractivity contribution in [1.82, 2.24) is 5.32 Å². The average molecular weight is 338 g/mol. The number of phenols is 1. The minimum Gasteiger partial charge on any atom is -0.507 e. The summed E-state index contributed by atoms with van der Waals surface area (Å²) in [5.41, 5.74) is -0.489. The summed E-state index contributed by atoms with van der Waals surface area (Å²) < 4.78 is 9.80. The Kier molecular flexibility index (Phi) is 6.58. The highest BCUT2D eigenvalue weighted by Gasteiger charge is 2.18. The number of hydrogen-bond acceptors (Lipinski definition) is 6. The van der Waals surface area contributed by atoms with Crippen molar-refractivity contribution in [3.8, 4) is 5.75 Å². The number of carbonyl (C=O) groups excluding carboxylic acids is 3. The van der Waals surface area contributed by atoms with E-state index in [1.165, 1.54) is 18.2 Å². The molecule has 0 aliphatic heterocycles. The molecule has 0 aliphatic carbocycles. The van der Waals surface area contributed by atoms with Crippen molar-refractivity contribution in [3.05, 3.63) is 23.8 Å². The van der Waals surface area contributed by atoms with Crippen LogP contribution >= 0.6 is 0 Å². The van der Waals surface area contributed by atoms with Gasteiger partial charge in [-0.15, -0.1) is 0 Å². The maximum absolute atomic E-state index is 12.0. The molecule has 0 fully saturated rings. The summed E-state index contributed by atoms with van der Waals surface area (Å²) in [7, 11) is 0. The molecule has 8 heteroatoms. The Morgan fingerprint density at radius 2 is 1.88 bits per heavy atom. The molecular weight excluding hydrogens is 316 g/mol. The number of benzene rings is 1. The van der Waals surface area contributed by atoms with E-state index in [1.54, 1.807) is 27.7 Å². The van der Waals surface area contributed by atoms with Gasteiger partial charge in [-0.05, 0) is 45.9 Å². The van der Waals surface area contributed by atoms with E-state index in [2.05, 4.69) is 10.6 Å². The first-order valence-corrected chi connectivity index (χ1v) is 7.39. The Morgan fingerprint density at radius 1 is 1.21 bits per heavy atom. The number of esters is 1. The van der Waals surface area contributed by atoms with E-state index < -0.39 is 23.6 Å². The number of rotatable bonds is 5. The highest BCUT2D eigenvalue weighted by Crippen LogP contribution is 2.22. The predicted octanol–water partition coefficient (Wildman–Crippen LogP) is 2.03. The van der Waals surface area contributed by atoms with Gasteiger partial charge in [0.15, 0.2) is 0 Å². The van der Waals surface area contributed by atoms with Gasteiger partial charge in [0, 0.05) is 5.69 Å². The Morgan fingerprint density at radius 3 is 2.46 bits per heavy atom. The van der Waals surface area contributed by atoms with Crippen LogP contribution in [-0.4, -0.2) is 41.8 Å². The van der Waals surface area contributed by atoms with E-state index >= 15 is 0 Å². The van der Waals surface area contributed by atoms with Crippen molar-refractivity contribution in [2.45, 2.75) is 33.3 Å². The topological polar surface area (TPSA) is 114 Å². The smallest absolute Gasteiger partial charge is 0.412 e. The molecule has 0 atom stereocenters. The number of anilines is 1. The Bertz CT molecular complexity index is 621. The van der Waals surface area contributed by atoms with E-state index in [0.29, 0.717) is 0 Å². The van der Waals surface area contributed by atoms with E-state index in [1.807, 2.05) is 0 Å². The first-order valence-electron chi connectivity index (χ1n) is 7.39. The van der Waals surface area contributed by atoms with Crippen LogP contribution < -0.4 is 10.6 Å². The lowest BCUT2D eigenvalue weighted by molar-refractivity contribution is -0.141. The molecule has 0 saturated carbocycles. The maximum Gasteiger partial charge on any atom is 0.412 e. The monoisotopic (exact) mass is 338 g/mol. The number of amides is 2. The maximum atomic E-state index is 12.0.